The Bertz CT molecular complexity index is 409. The first-order valence-electron chi connectivity index (χ1n) is 10.1. The number of fused-ring (bicyclic) bond motifs is 1. The molecule has 0 bridgehead atoms. The van der Waals surface area contributed by atoms with Gasteiger partial charge in [-0.2, -0.15) is 0 Å². The van der Waals surface area contributed by atoms with E-state index in [0.717, 1.165) is 31.5 Å². The number of hydrogen-bond donors (Lipinski definition) is 1. The number of amides is 1. The molecule has 1 amide bonds. The number of carbonyl (C=O) groups excluding carboxylic acids is 1. The first-order valence-corrected chi connectivity index (χ1v) is 10.1. The molecule has 3 unspecified atom stereocenters. The van der Waals surface area contributed by atoms with Gasteiger partial charge in [-0.05, 0) is 64.0 Å². The highest BCUT2D eigenvalue weighted by Crippen LogP contribution is 2.34. The molecule has 0 aromatic heterocycles. The smallest absolute Gasteiger partial charge is 0.239 e. The Morgan fingerprint density at radius 2 is 1.48 bits per heavy atom. The van der Waals surface area contributed by atoms with Crippen LogP contribution in [0.25, 0.3) is 0 Å². The zero-order valence-electron chi connectivity index (χ0n) is 15.3. The molecule has 3 heterocycles. The summed E-state index contributed by atoms with van der Waals surface area (Å²) in [6.07, 6.45) is 12.9. The third-order valence-corrected chi connectivity index (χ3v) is 6.84. The van der Waals surface area contributed by atoms with Crippen molar-refractivity contribution in [3.05, 3.63) is 0 Å². The second-order valence-corrected chi connectivity index (χ2v) is 8.26. The van der Waals surface area contributed by atoms with Crippen LogP contribution in [0, 0.1) is 5.92 Å². The number of halogens is 2. The Morgan fingerprint density at radius 1 is 0.800 bits per heavy atom. The molecular weight excluding hydrogens is 357 g/mol. The van der Waals surface area contributed by atoms with Gasteiger partial charge in [0.1, 0.15) is 0 Å². The van der Waals surface area contributed by atoms with E-state index in [1.54, 1.807) is 0 Å². The Balaban J connectivity index is 0.00000113. The summed E-state index contributed by atoms with van der Waals surface area (Å²) in [6, 6.07) is 1.48. The first-order chi connectivity index (χ1) is 11.3. The predicted octanol–water partition coefficient (Wildman–Crippen LogP) is 3.23. The van der Waals surface area contributed by atoms with Gasteiger partial charge in [-0.1, -0.05) is 19.3 Å². The lowest BCUT2D eigenvalue weighted by Gasteiger charge is -2.40. The van der Waals surface area contributed by atoms with Crippen molar-refractivity contribution < 1.29 is 4.79 Å². The zero-order chi connectivity index (χ0) is 15.6. The van der Waals surface area contributed by atoms with Crippen molar-refractivity contribution in [1.29, 1.82) is 0 Å². The summed E-state index contributed by atoms with van der Waals surface area (Å²) in [4.78, 5) is 17.7. The Morgan fingerprint density at radius 3 is 2.16 bits per heavy atom. The second kappa shape index (κ2) is 9.77. The van der Waals surface area contributed by atoms with Crippen molar-refractivity contribution in [2.24, 2.45) is 5.92 Å². The van der Waals surface area contributed by atoms with Crippen LogP contribution in [-0.4, -0.2) is 60.0 Å². The molecule has 0 radical (unpaired) electrons. The minimum absolute atomic E-state index is 0. The minimum atomic E-state index is 0. The van der Waals surface area contributed by atoms with E-state index in [1.807, 2.05) is 0 Å². The Kier molecular flexibility index (Phi) is 8.32. The topological polar surface area (TPSA) is 35.6 Å². The standard InChI is InChI=1S/C19H33N3O.2ClH/c23-19(18-14-15-6-2-3-7-17(15)20-18)22-12-8-16(9-13-22)21-10-4-1-5-11-21;;/h15-18,20H,1-14H2;2*1H. The molecule has 0 aromatic rings. The monoisotopic (exact) mass is 391 g/mol. The molecule has 4 rings (SSSR count). The van der Waals surface area contributed by atoms with Gasteiger partial charge in [-0.25, -0.2) is 0 Å². The Labute approximate surface area is 165 Å². The fourth-order valence-corrected chi connectivity index (χ4v) is 5.47. The van der Waals surface area contributed by atoms with E-state index in [4.69, 9.17) is 0 Å². The summed E-state index contributed by atoms with van der Waals surface area (Å²) < 4.78 is 0. The van der Waals surface area contributed by atoms with E-state index in [0.29, 0.717) is 11.9 Å². The molecule has 4 nitrogen and oxygen atoms in total. The lowest BCUT2D eigenvalue weighted by atomic mass is 9.85. The van der Waals surface area contributed by atoms with Crippen LogP contribution in [0.4, 0.5) is 0 Å². The van der Waals surface area contributed by atoms with E-state index in [9.17, 15) is 4.79 Å². The highest BCUT2D eigenvalue weighted by atomic mass is 35.5. The molecule has 1 aliphatic carbocycles. The maximum absolute atomic E-state index is 12.9. The van der Waals surface area contributed by atoms with Crippen LogP contribution in [0.3, 0.4) is 0 Å². The summed E-state index contributed by atoms with van der Waals surface area (Å²) in [5.41, 5.74) is 0. The molecule has 146 valence electrons. The molecular formula is C19H35Cl2N3O. The maximum atomic E-state index is 12.9. The summed E-state index contributed by atoms with van der Waals surface area (Å²) in [6.45, 7) is 4.53. The van der Waals surface area contributed by atoms with Crippen LogP contribution < -0.4 is 5.32 Å². The van der Waals surface area contributed by atoms with Gasteiger partial charge in [-0.3, -0.25) is 4.79 Å². The molecule has 3 aliphatic heterocycles. The molecule has 0 aromatic carbocycles. The minimum Gasteiger partial charge on any atom is -0.341 e. The average molecular weight is 392 g/mol. The molecule has 0 spiro atoms. The van der Waals surface area contributed by atoms with Gasteiger partial charge in [0.05, 0.1) is 6.04 Å². The fourth-order valence-electron chi connectivity index (χ4n) is 5.47. The van der Waals surface area contributed by atoms with Crippen molar-refractivity contribution in [2.75, 3.05) is 26.2 Å². The van der Waals surface area contributed by atoms with Crippen LogP contribution in [0.1, 0.15) is 64.2 Å². The quantitative estimate of drug-likeness (QED) is 0.784. The van der Waals surface area contributed by atoms with E-state index >= 15 is 0 Å². The van der Waals surface area contributed by atoms with Gasteiger partial charge < -0.3 is 15.1 Å². The lowest BCUT2D eigenvalue weighted by Crippen LogP contribution is -2.52. The van der Waals surface area contributed by atoms with Crippen LogP contribution in [0.2, 0.25) is 0 Å². The molecule has 3 saturated heterocycles. The molecule has 1 N–H and O–H groups in total. The van der Waals surface area contributed by atoms with Crippen molar-refractivity contribution in [1.82, 2.24) is 15.1 Å². The number of piperidine rings is 2. The third kappa shape index (κ3) is 4.82. The number of likely N-dealkylation sites (tertiary alicyclic amines) is 2. The number of nitrogens with zero attached hydrogens (tertiary/aromatic N) is 2. The van der Waals surface area contributed by atoms with Crippen LogP contribution in [0.5, 0.6) is 0 Å². The van der Waals surface area contributed by atoms with Gasteiger partial charge in [0, 0.05) is 25.2 Å². The Hall–Kier alpha value is -0.0300. The van der Waals surface area contributed by atoms with E-state index < -0.39 is 0 Å². The maximum Gasteiger partial charge on any atom is 0.239 e. The van der Waals surface area contributed by atoms with Gasteiger partial charge in [-0.15, -0.1) is 24.8 Å². The van der Waals surface area contributed by atoms with Gasteiger partial charge >= 0.3 is 0 Å². The van der Waals surface area contributed by atoms with Gasteiger partial charge in [0.15, 0.2) is 0 Å². The number of nitrogens with one attached hydrogen (secondary N) is 1. The molecule has 25 heavy (non-hydrogen) atoms. The van der Waals surface area contributed by atoms with Crippen molar-refractivity contribution >= 4 is 30.7 Å². The zero-order valence-corrected chi connectivity index (χ0v) is 17.0. The van der Waals surface area contributed by atoms with E-state index in [-0.39, 0.29) is 30.9 Å². The largest absolute Gasteiger partial charge is 0.341 e. The van der Waals surface area contributed by atoms with Crippen LogP contribution in [-0.2, 0) is 4.79 Å². The highest BCUT2D eigenvalue weighted by Gasteiger charge is 2.40. The average Bonchev–Trinajstić information content (AvgIpc) is 3.06. The van der Waals surface area contributed by atoms with E-state index in [2.05, 4.69) is 15.1 Å². The summed E-state index contributed by atoms with van der Waals surface area (Å²) in [5, 5.41) is 3.66. The molecule has 4 fully saturated rings. The third-order valence-electron chi connectivity index (χ3n) is 6.84. The SMILES string of the molecule is Cl.Cl.O=C(C1CC2CCCCC2N1)N1CCC(N2CCCCC2)CC1. The predicted molar refractivity (Wildman–Crippen MR) is 107 cm³/mol. The first kappa shape index (κ1) is 21.3. The normalized spacial score (nSPS) is 33.9. The van der Waals surface area contributed by atoms with Crippen molar-refractivity contribution in [3.63, 3.8) is 0 Å². The molecule has 1 saturated carbocycles. The summed E-state index contributed by atoms with van der Waals surface area (Å²) >= 11 is 0. The lowest BCUT2D eigenvalue weighted by molar-refractivity contribution is -0.134. The van der Waals surface area contributed by atoms with Gasteiger partial charge in [0.2, 0.25) is 5.91 Å². The number of carbonyl (C=O) groups is 1. The van der Waals surface area contributed by atoms with Gasteiger partial charge in [0.25, 0.3) is 0 Å². The van der Waals surface area contributed by atoms with Crippen LogP contribution >= 0.6 is 24.8 Å². The van der Waals surface area contributed by atoms with Crippen molar-refractivity contribution in [2.45, 2.75) is 82.3 Å². The fraction of sp³-hybridized carbons (Fsp3) is 0.947. The molecule has 6 heteroatoms. The molecule has 4 aliphatic rings. The van der Waals surface area contributed by atoms with Crippen LogP contribution in [0.15, 0.2) is 0 Å². The number of rotatable bonds is 2. The number of hydrogen-bond acceptors (Lipinski definition) is 3. The molecule has 3 atom stereocenters. The highest BCUT2D eigenvalue weighted by molar-refractivity contribution is 5.85. The second-order valence-electron chi connectivity index (χ2n) is 8.26. The summed E-state index contributed by atoms with van der Waals surface area (Å²) in [5.74, 6) is 1.17. The van der Waals surface area contributed by atoms with Crippen molar-refractivity contribution in [3.8, 4) is 0 Å². The summed E-state index contributed by atoms with van der Waals surface area (Å²) in [7, 11) is 0. The van der Waals surface area contributed by atoms with E-state index in [1.165, 1.54) is 70.9 Å².